The third kappa shape index (κ3) is 2.49. The molecule has 0 N–H and O–H groups in total. The zero-order valence-corrected chi connectivity index (χ0v) is 12.7. The number of benzene rings is 1. The summed E-state index contributed by atoms with van der Waals surface area (Å²) >= 11 is 0. The quantitative estimate of drug-likeness (QED) is 0.428. The van der Waals surface area contributed by atoms with Gasteiger partial charge in [-0.25, -0.2) is 0 Å². The van der Waals surface area contributed by atoms with Gasteiger partial charge in [-0.1, -0.05) is 55.5 Å². The molecule has 1 heterocycles. The maximum Gasteiger partial charge on any atom is 0.147 e. The van der Waals surface area contributed by atoms with Gasteiger partial charge in [-0.15, -0.1) is 12.1 Å². The van der Waals surface area contributed by atoms with Gasteiger partial charge in [-0.3, -0.25) is 4.58 Å². The van der Waals surface area contributed by atoms with Crippen LogP contribution in [-0.2, 0) is 0 Å². The lowest BCUT2D eigenvalue weighted by Crippen LogP contribution is -2.27. The number of rotatable bonds is 2. The van der Waals surface area contributed by atoms with Gasteiger partial charge in [0.15, 0.2) is 0 Å². The number of hydrogen-bond acceptors (Lipinski definition) is 0. The normalized spacial score (nSPS) is 15.9. The first-order valence-corrected chi connectivity index (χ1v) is 9.82. The minimum absolute atomic E-state index is 1.18. The smallest absolute Gasteiger partial charge is 0.147 e. The minimum Gasteiger partial charge on any atom is -0.255 e. The molecule has 1 aromatic rings. The topological polar surface area (TPSA) is 3.01 Å². The van der Waals surface area contributed by atoms with Gasteiger partial charge in [0, 0.05) is 0 Å². The van der Waals surface area contributed by atoms with E-state index in [-0.39, 0.29) is 0 Å². The molecule has 0 saturated carbocycles. The lowest BCUT2D eigenvalue weighted by molar-refractivity contribution is -0.418. The van der Waals surface area contributed by atoms with Crippen LogP contribution >= 0.6 is 0 Å². The van der Waals surface area contributed by atoms with Crippen LogP contribution in [0.1, 0.15) is 11.1 Å². The van der Waals surface area contributed by atoms with Crippen molar-refractivity contribution in [2.75, 3.05) is 0 Å². The zero-order valence-electron chi connectivity index (χ0n) is 11.7. The molecule has 0 aromatic heterocycles. The Balaban J connectivity index is 2.33. The molecule has 0 aliphatic carbocycles. The fourth-order valence-corrected chi connectivity index (χ4v) is 3.22. The van der Waals surface area contributed by atoms with Crippen LogP contribution in [-0.4, -0.2) is 19.4 Å². The largest absolute Gasteiger partial charge is 0.255 e. The third-order valence-corrected chi connectivity index (χ3v) is 5.34. The van der Waals surface area contributed by atoms with E-state index in [1.807, 2.05) is 4.58 Å². The Morgan fingerprint density at radius 2 is 1.83 bits per heavy atom. The summed E-state index contributed by atoms with van der Waals surface area (Å²) in [7, 11) is -1.26. The molecule has 0 radical (unpaired) electrons. The highest BCUT2D eigenvalue weighted by atomic mass is 28.3. The molecule has 1 nitrogen and oxygen atoms in total. The molecule has 94 valence electrons. The van der Waals surface area contributed by atoms with E-state index in [4.69, 9.17) is 0 Å². The summed E-state index contributed by atoms with van der Waals surface area (Å²) in [5.74, 6) is 0. The second-order valence-electron chi connectivity index (χ2n) is 5.84. The van der Waals surface area contributed by atoms with Crippen LogP contribution in [0.4, 0.5) is 0 Å². The summed E-state index contributed by atoms with van der Waals surface area (Å²) < 4.78 is 2.01. The molecular weight excluding hydrogens is 234 g/mol. The predicted octanol–water partition coefficient (Wildman–Crippen LogP) is 3.92. The van der Waals surface area contributed by atoms with Crippen molar-refractivity contribution in [3.63, 3.8) is 0 Å². The van der Waals surface area contributed by atoms with Crippen molar-refractivity contribution in [2.45, 2.75) is 26.6 Å². The van der Waals surface area contributed by atoms with Gasteiger partial charge in [0.1, 0.15) is 12.2 Å². The van der Waals surface area contributed by atoms with Crippen LogP contribution in [0, 0.1) is 13.0 Å². The Morgan fingerprint density at radius 1 is 1.17 bits per heavy atom. The molecule has 0 atom stereocenters. The van der Waals surface area contributed by atoms with Gasteiger partial charge in [0.25, 0.3) is 0 Å². The van der Waals surface area contributed by atoms with Crippen molar-refractivity contribution in [1.82, 2.24) is 0 Å². The number of hydrogen-bond donors (Lipinski definition) is 0. The van der Waals surface area contributed by atoms with Gasteiger partial charge >= 0.3 is 0 Å². The maximum absolute atomic E-state index is 4.15. The molecule has 0 saturated heterocycles. The van der Waals surface area contributed by atoms with Crippen molar-refractivity contribution in [3.8, 4) is 0 Å². The van der Waals surface area contributed by atoms with E-state index in [9.17, 15) is 0 Å². The second-order valence-corrected chi connectivity index (χ2v) is 10.9. The van der Waals surface area contributed by atoms with Crippen LogP contribution in [0.15, 0.2) is 47.8 Å². The average Bonchev–Trinajstić information content (AvgIpc) is 2.29. The molecule has 2 rings (SSSR count). The van der Waals surface area contributed by atoms with Crippen LogP contribution in [0.5, 0.6) is 0 Å². The molecule has 1 aliphatic heterocycles. The van der Waals surface area contributed by atoms with Crippen molar-refractivity contribution in [2.24, 2.45) is 0 Å². The molecule has 1 aromatic carbocycles. The average molecular weight is 255 g/mol. The monoisotopic (exact) mass is 255 g/mol. The summed E-state index contributed by atoms with van der Waals surface area (Å²) in [4.78, 5) is 0. The Bertz CT molecular complexity index is 532. The predicted molar refractivity (Wildman–Crippen MR) is 81.5 cm³/mol. The molecule has 0 amide bonds. The molecule has 2 heteroatoms. The van der Waals surface area contributed by atoms with Crippen LogP contribution in [0.3, 0.4) is 0 Å². The minimum atomic E-state index is -1.26. The third-order valence-electron chi connectivity index (χ3n) is 3.31. The molecule has 1 aliphatic rings. The van der Waals surface area contributed by atoms with E-state index in [1.165, 1.54) is 22.4 Å². The van der Waals surface area contributed by atoms with E-state index in [1.54, 1.807) is 0 Å². The second kappa shape index (κ2) is 4.62. The summed E-state index contributed by atoms with van der Waals surface area (Å²) in [6.45, 7) is 13.4. The molecule has 0 spiro atoms. The summed E-state index contributed by atoms with van der Waals surface area (Å²) in [5.41, 5.74) is 2.55. The SMILES string of the molecule is C=[N+]1C=C([Si](C)(C)C)C=C[C-]1c1ccccc1C. The molecule has 18 heavy (non-hydrogen) atoms. The zero-order chi connectivity index (χ0) is 13.3. The number of nitrogens with zero attached hydrogens (tertiary/aromatic N) is 1. The molecule has 0 bridgehead atoms. The first-order valence-electron chi connectivity index (χ1n) is 6.32. The van der Waals surface area contributed by atoms with Gasteiger partial charge in [-0.2, -0.15) is 0 Å². The van der Waals surface area contributed by atoms with Gasteiger partial charge < -0.3 is 0 Å². The first-order chi connectivity index (χ1) is 8.39. The highest BCUT2D eigenvalue weighted by molar-refractivity contribution is 6.83. The van der Waals surface area contributed by atoms with Gasteiger partial charge in [-0.05, 0) is 11.6 Å². The van der Waals surface area contributed by atoms with Crippen LogP contribution in [0.2, 0.25) is 19.6 Å². The Labute approximate surface area is 111 Å². The molecule has 0 unspecified atom stereocenters. The van der Waals surface area contributed by atoms with Gasteiger partial charge in [0.05, 0.1) is 14.8 Å². The van der Waals surface area contributed by atoms with Crippen LogP contribution < -0.4 is 0 Å². The standard InChI is InChI=1S/C16H21NSi/c1-13-8-6-7-9-15(13)16-11-10-14(12-17(16)2)18(3,4)5/h6-12H,2H2,1,3-5H3. The van der Waals surface area contributed by atoms with Crippen molar-refractivity contribution < 1.29 is 4.58 Å². The van der Waals surface area contributed by atoms with E-state index in [0.717, 1.165) is 0 Å². The van der Waals surface area contributed by atoms with Crippen molar-refractivity contribution >= 4 is 14.8 Å². The number of aryl methyl sites for hydroxylation is 1. The lowest BCUT2D eigenvalue weighted by atomic mass is 9.99. The van der Waals surface area contributed by atoms with E-state index >= 15 is 0 Å². The highest BCUT2D eigenvalue weighted by Gasteiger charge is 2.24. The summed E-state index contributed by atoms with van der Waals surface area (Å²) in [5, 5.41) is 1.44. The van der Waals surface area contributed by atoms with Crippen LogP contribution in [0.25, 0.3) is 0 Å². The van der Waals surface area contributed by atoms with Gasteiger partial charge in [0.2, 0.25) is 0 Å². The maximum atomic E-state index is 4.15. The van der Waals surface area contributed by atoms with Crippen molar-refractivity contribution in [3.05, 3.63) is 65.0 Å². The molecular formula is C16H21NSi. The summed E-state index contributed by atoms with van der Waals surface area (Å²) in [6, 6.07) is 9.62. The Morgan fingerprint density at radius 3 is 2.39 bits per heavy atom. The number of allylic oxidation sites excluding steroid dienone is 2. The van der Waals surface area contributed by atoms with E-state index in [0.29, 0.717) is 0 Å². The molecule has 0 fully saturated rings. The lowest BCUT2D eigenvalue weighted by Gasteiger charge is -2.25. The highest BCUT2D eigenvalue weighted by Crippen LogP contribution is 2.28. The Kier molecular flexibility index (Phi) is 3.31. The fourth-order valence-electron chi connectivity index (χ4n) is 2.09. The van der Waals surface area contributed by atoms with E-state index in [2.05, 4.69) is 75.9 Å². The van der Waals surface area contributed by atoms with Crippen molar-refractivity contribution in [1.29, 1.82) is 0 Å². The van der Waals surface area contributed by atoms with E-state index < -0.39 is 8.07 Å². The Hall–Kier alpha value is -1.54. The first kappa shape index (κ1) is 12.9. The summed E-state index contributed by atoms with van der Waals surface area (Å²) in [6.07, 6.45) is 6.65. The fraction of sp³-hybridized carbons (Fsp3) is 0.250.